The van der Waals surface area contributed by atoms with Gasteiger partial charge in [-0.3, -0.25) is 9.59 Å². The van der Waals surface area contributed by atoms with Gasteiger partial charge in [-0.1, -0.05) is 29.8 Å². The Morgan fingerprint density at radius 3 is 2.20 bits per heavy atom. The average Bonchev–Trinajstić information content (AvgIpc) is 2.39. The third kappa shape index (κ3) is 3.68. The fourth-order valence-electron chi connectivity index (χ4n) is 1.45. The number of carbonyl (C=O) groups is 3. The van der Waals surface area contributed by atoms with Crippen LogP contribution in [0.3, 0.4) is 0 Å². The van der Waals surface area contributed by atoms with Crippen molar-refractivity contribution in [3.8, 4) is 0 Å². The van der Waals surface area contributed by atoms with Crippen molar-refractivity contribution in [2.45, 2.75) is 13.8 Å². The third-order valence-electron chi connectivity index (χ3n) is 2.45. The number of aliphatic hydroxyl groups is 1. The van der Waals surface area contributed by atoms with Crippen LogP contribution < -0.4 is 0 Å². The highest BCUT2D eigenvalue weighted by Crippen LogP contribution is 2.19. The van der Waals surface area contributed by atoms with E-state index < -0.39 is 28.3 Å². The molecule has 5 nitrogen and oxygen atoms in total. The maximum Gasteiger partial charge on any atom is 0.346 e. The van der Waals surface area contributed by atoms with Crippen LogP contribution in [0.4, 0.5) is 0 Å². The molecule has 0 aliphatic carbocycles. The van der Waals surface area contributed by atoms with E-state index in [0.29, 0.717) is 0 Å². The number of ketones is 1. The lowest BCUT2D eigenvalue weighted by Gasteiger charge is -2.08. The molecule has 1 aromatic rings. The summed E-state index contributed by atoms with van der Waals surface area (Å²) in [6.07, 6.45) is 0. The Morgan fingerprint density at radius 1 is 1.20 bits per heavy atom. The van der Waals surface area contributed by atoms with Crippen molar-refractivity contribution >= 4 is 34.4 Å². The van der Waals surface area contributed by atoms with Crippen LogP contribution in [-0.4, -0.2) is 28.7 Å². The summed E-state index contributed by atoms with van der Waals surface area (Å²) in [6, 6.07) is 6.38. The van der Waals surface area contributed by atoms with Gasteiger partial charge in [0, 0.05) is 5.56 Å². The molecule has 1 N–H and O–H groups in total. The first kappa shape index (κ1) is 15.9. The minimum absolute atomic E-state index is 0.00668. The van der Waals surface area contributed by atoms with E-state index in [1.165, 1.54) is 19.1 Å². The van der Waals surface area contributed by atoms with Crippen LogP contribution in [0.25, 0.3) is 5.76 Å². The summed E-state index contributed by atoms with van der Waals surface area (Å²) in [6.45, 7) is 3.36. The molecule has 0 spiro atoms. The lowest BCUT2D eigenvalue weighted by Crippen LogP contribution is -2.22. The molecule has 0 saturated heterocycles. The summed E-state index contributed by atoms with van der Waals surface area (Å²) >= 11 is 5.08. The lowest BCUT2D eigenvalue weighted by molar-refractivity contribution is -0.141. The zero-order valence-corrected chi connectivity index (χ0v) is 11.7. The number of halogens is 1. The Labute approximate surface area is 120 Å². The van der Waals surface area contributed by atoms with Crippen molar-refractivity contribution in [3.63, 3.8) is 0 Å². The first-order valence-corrected chi connectivity index (χ1v) is 6.17. The minimum Gasteiger partial charge on any atom is -0.506 e. The summed E-state index contributed by atoms with van der Waals surface area (Å²) in [4.78, 5) is 34.3. The first-order chi connectivity index (χ1) is 9.38. The molecule has 0 saturated carbocycles. The summed E-state index contributed by atoms with van der Waals surface area (Å²) in [5.74, 6) is -3.03. The van der Waals surface area contributed by atoms with Gasteiger partial charge in [0.05, 0.1) is 6.61 Å². The Bertz CT molecular complexity index is 572. The smallest absolute Gasteiger partial charge is 0.346 e. The predicted molar refractivity (Wildman–Crippen MR) is 73.2 cm³/mol. The van der Waals surface area contributed by atoms with Crippen LogP contribution in [0, 0.1) is 6.92 Å². The van der Waals surface area contributed by atoms with Crippen molar-refractivity contribution in [1.29, 1.82) is 0 Å². The molecule has 0 atom stereocenters. The van der Waals surface area contributed by atoms with E-state index >= 15 is 0 Å². The summed E-state index contributed by atoms with van der Waals surface area (Å²) in [5, 5.41) is 8.67. The van der Waals surface area contributed by atoms with Crippen LogP contribution >= 0.6 is 11.6 Å². The molecule has 20 heavy (non-hydrogen) atoms. The predicted octanol–water partition coefficient (Wildman–Crippen LogP) is 2.16. The SMILES string of the molecule is CCOC(=O)/C(C(=O)C(=O)Cl)=C(\O)c1ccc(C)cc1. The molecule has 1 aromatic carbocycles. The maximum atomic E-state index is 11.7. The largest absolute Gasteiger partial charge is 0.506 e. The van der Waals surface area contributed by atoms with Gasteiger partial charge >= 0.3 is 5.97 Å². The quantitative estimate of drug-likeness (QED) is 0.171. The number of hydrogen-bond acceptors (Lipinski definition) is 5. The van der Waals surface area contributed by atoms with E-state index in [-0.39, 0.29) is 12.2 Å². The molecule has 0 bridgehead atoms. The van der Waals surface area contributed by atoms with Gasteiger partial charge < -0.3 is 9.84 Å². The number of Topliss-reactive ketones (excluding diaryl/α,β-unsaturated/α-hetero) is 1. The van der Waals surface area contributed by atoms with E-state index in [9.17, 15) is 19.5 Å². The first-order valence-electron chi connectivity index (χ1n) is 5.80. The summed E-state index contributed by atoms with van der Waals surface area (Å²) in [5.41, 5.74) is 0.375. The number of rotatable bonds is 5. The van der Waals surface area contributed by atoms with Crippen molar-refractivity contribution in [2.24, 2.45) is 0 Å². The van der Waals surface area contributed by atoms with Crippen LogP contribution in [-0.2, 0) is 19.1 Å². The number of aryl methyl sites for hydroxylation is 1. The van der Waals surface area contributed by atoms with Gasteiger partial charge in [-0.05, 0) is 25.4 Å². The molecular formula is C14H13ClO5. The monoisotopic (exact) mass is 296 g/mol. The van der Waals surface area contributed by atoms with Gasteiger partial charge in [0.2, 0.25) is 0 Å². The van der Waals surface area contributed by atoms with E-state index in [4.69, 9.17) is 11.6 Å². The number of esters is 1. The maximum absolute atomic E-state index is 11.7. The van der Waals surface area contributed by atoms with Crippen molar-refractivity contribution in [2.75, 3.05) is 6.61 Å². The summed E-state index contributed by atoms with van der Waals surface area (Å²) in [7, 11) is 0. The van der Waals surface area contributed by atoms with Gasteiger partial charge in [0.15, 0.2) is 5.57 Å². The molecule has 0 amide bonds. The normalized spacial score (nSPS) is 11.6. The van der Waals surface area contributed by atoms with Crippen LogP contribution in [0.1, 0.15) is 18.1 Å². The molecule has 0 radical (unpaired) electrons. The fourth-order valence-corrected chi connectivity index (χ4v) is 1.55. The second kappa shape index (κ2) is 6.86. The number of ether oxygens (including phenoxy) is 1. The van der Waals surface area contributed by atoms with Gasteiger partial charge in [0.25, 0.3) is 11.0 Å². The van der Waals surface area contributed by atoms with Crippen LogP contribution in [0.5, 0.6) is 0 Å². The zero-order valence-electron chi connectivity index (χ0n) is 11.0. The molecule has 0 unspecified atom stereocenters. The van der Waals surface area contributed by atoms with E-state index in [2.05, 4.69) is 4.74 Å². The highest BCUT2D eigenvalue weighted by molar-refractivity contribution is 6.84. The van der Waals surface area contributed by atoms with E-state index in [0.717, 1.165) is 5.56 Å². The molecular weight excluding hydrogens is 284 g/mol. The molecule has 0 heterocycles. The second-order valence-corrected chi connectivity index (χ2v) is 4.26. The topological polar surface area (TPSA) is 80.7 Å². The zero-order chi connectivity index (χ0) is 15.3. The standard InChI is InChI=1S/C14H13ClO5/c1-3-20-14(19)10(12(17)13(15)18)11(16)9-6-4-8(2)5-7-9/h4-7,16H,3H2,1-2H3/b11-10-. The third-order valence-corrected chi connectivity index (χ3v) is 2.62. The average molecular weight is 297 g/mol. The summed E-state index contributed by atoms with van der Waals surface area (Å²) < 4.78 is 4.65. The van der Waals surface area contributed by atoms with Crippen LogP contribution in [0.15, 0.2) is 29.8 Å². The molecule has 0 fully saturated rings. The number of aliphatic hydroxyl groups excluding tert-OH is 1. The molecule has 106 valence electrons. The number of benzene rings is 1. The van der Waals surface area contributed by atoms with Gasteiger partial charge in [0.1, 0.15) is 5.76 Å². The van der Waals surface area contributed by atoms with Crippen molar-refractivity contribution in [3.05, 3.63) is 41.0 Å². The van der Waals surface area contributed by atoms with Gasteiger partial charge in [-0.15, -0.1) is 0 Å². The highest BCUT2D eigenvalue weighted by Gasteiger charge is 2.29. The number of hydrogen-bond donors (Lipinski definition) is 1. The molecule has 6 heteroatoms. The van der Waals surface area contributed by atoms with Gasteiger partial charge in [-0.2, -0.15) is 0 Å². The van der Waals surface area contributed by atoms with E-state index in [1.54, 1.807) is 12.1 Å². The molecule has 0 aliphatic heterocycles. The Hall–Kier alpha value is -2.14. The van der Waals surface area contributed by atoms with Crippen molar-refractivity contribution in [1.82, 2.24) is 0 Å². The lowest BCUT2D eigenvalue weighted by atomic mass is 10.0. The minimum atomic E-state index is -1.37. The Kier molecular flexibility index (Phi) is 5.46. The Balaban J connectivity index is 3.36. The fraction of sp³-hybridized carbons (Fsp3) is 0.214. The Morgan fingerprint density at radius 2 is 1.75 bits per heavy atom. The van der Waals surface area contributed by atoms with Gasteiger partial charge in [-0.25, -0.2) is 4.79 Å². The highest BCUT2D eigenvalue weighted by atomic mass is 35.5. The molecule has 1 rings (SSSR count). The second-order valence-electron chi connectivity index (χ2n) is 3.91. The van der Waals surface area contributed by atoms with Crippen molar-refractivity contribution < 1.29 is 24.2 Å². The van der Waals surface area contributed by atoms with Crippen LogP contribution in [0.2, 0.25) is 0 Å². The molecule has 0 aliphatic rings. The number of carbonyl (C=O) groups excluding carboxylic acids is 3. The molecule has 0 aromatic heterocycles. The van der Waals surface area contributed by atoms with E-state index in [1.807, 2.05) is 6.92 Å².